The van der Waals surface area contributed by atoms with Crippen LogP contribution in [0.3, 0.4) is 0 Å². The number of carbonyl (C=O) groups excluding carboxylic acids is 2. The van der Waals surface area contributed by atoms with Crippen LogP contribution in [0.5, 0.6) is 0 Å². The van der Waals surface area contributed by atoms with Crippen molar-refractivity contribution in [2.75, 3.05) is 24.7 Å². The van der Waals surface area contributed by atoms with Crippen molar-refractivity contribution in [2.45, 2.75) is 6.42 Å². The van der Waals surface area contributed by atoms with Gasteiger partial charge >= 0.3 is 5.91 Å². The molecule has 0 saturated heterocycles. The van der Waals surface area contributed by atoms with Gasteiger partial charge in [0.25, 0.3) is 5.78 Å². The van der Waals surface area contributed by atoms with E-state index in [4.69, 9.17) is 0 Å². The van der Waals surface area contributed by atoms with Gasteiger partial charge in [0.2, 0.25) is 0 Å². The summed E-state index contributed by atoms with van der Waals surface area (Å²) in [5.41, 5.74) is 3.76. The van der Waals surface area contributed by atoms with Gasteiger partial charge in [-0.05, 0) is 45.6 Å². The van der Waals surface area contributed by atoms with Gasteiger partial charge in [0.15, 0.2) is 0 Å². The second kappa shape index (κ2) is 6.58. The van der Waals surface area contributed by atoms with Crippen molar-refractivity contribution in [3.8, 4) is 0 Å². The van der Waals surface area contributed by atoms with E-state index in [0.29, 0.717) is 22.4 Å². The lowest BCUT2D eigenvalue weighted by molar-refractivity contribution is -0.114. The number of halogens is 1. The Hall–Kier alpha value is -2.24. The highest BCUT2D eigenvalue weighted by atomic mass is 79.9. The van der Waals surface area contributed by atoms with Gasteiger partial charge < -0.3 is 0 Å². The summed E-state index contributed by atoms with van der Waals surface area (Å²) < 4.78 is 0.677. The number of hydrogen-bond donors (Lipinski definition) is 0. The van der Waals surface area contributed by atoms with Crippen molar-refractivity contribution in [3.05, 3.63) is 70.2 Å². The standard InChI is InChI=1S/C20H17BrN2O2/c21-16-7-4-8-17-18(16)19(24)20(25)23(17)13-22-11-9-15(10-12-22)14-5-2-1-3-6-14/h1-9H,10-13H2. The van der Waals surface area contributed by atoms with Crippen molar-refractivity contribution in [1.29, 1.82) is 0 Å². The molecule has 0 atom stereocenters. The molecule has 0 fully saturated rings. The van der Waals surface area contributed by atoms with Crippen LogP contribution in [0, 0.1) is 0 Å². The monoisotopic (exact) mass is 396 g/mol. The quantitative estimate of drug-likeness (QED) is 0.742. The summed E-state index contributed by atoms with van der Waals surface area (Å²) in [6.07, 6.45) is 3.15. The third-order valence-corrected chi connectivity index (χ3v) is 5.39. The molecule has 2 aromatic rings. The number of amides is 1. The van der Waals surface area contributed by atoms with Gasteiger partial charge in [-0.2, -0.15) is 0 Å². The summed E-state index contributed by atoms with van der Waals surface area (Å²) in [5.74, 6) is -0.875. The summed E-state index contributed by atoms with van der Waals surface area (Å²) in [6, 6.07) is 15.8. The molecule has 2 aliphatic heterocycles. The molecule has 0 aliphatic carbocycles. The minimum atomic E-state index is -0.445. The Morgan fingerprint density at radius 3 is 2.52 bits per heavy atom. The predicted octanol–water partition coefficient (Wildman–Crippen LogP) is 3.73. The van der Waals surface area contributed by atoms with E-state index in [-0.39, 0.29) is 0 Å². The highest BCUT2D eigenvalue weighted by Gasteiger charge is 2.38. The molecule has 2 aliphatic rings. The van der Waals surface area contributed by atoms with Crippen LogP contribution < -0.4 is 4.90 Å². The minimum absolute atomic E-state index is 0.431. The first-order chi connectivity index (χ1) is 12.1. The largest absolute Gasteiger partial charge is 0.300 e. The number of hydrogen-bond acceptors (Lipinski definition) is 3. The number of ketones is 1. The first-order valence-electron chi connectivity index (χ1n) is 8.26. The van der Waals surface area contributed by atoms with Crippen molar-refractivity contribution >= 4 is 38.9 Å². The molecule has 1 amide bonds. The average molecular weight is 397 g/mol. The van der Waals surface area contributed by atoms with Crippen LogP contribution in [-0.4, -0.2) is 36.3 Å². The number of rotatable bonds is 3. The van der Waals surface area contributed by atoms with E-state index in [1.54, 1.807) is 11.0 Å². The molecule has 2 aromatic carbocycles. The highest BCUT2D eigenvalue weighted by Crippen LogP contribution is 2.34. The molecule has 0 spiro atoms. The van der Waals surface area contributed by atoms with Crippen LogP contribution in [0.15, 0.2) is 59.1 Å². The fourth-order valence-electron chi connectivity index (χ4n) is 3.40. The maximum absolute atomic E-state index is 12.4. The predicted molar refractivity (Wildman–Crippen MR) is 101 cm³/mol. The fraction of sp³-hybridized carbons (Fsp3) is 0.200. The first kappa shape index (κ1) is 16.2. The van der Waals surface area contributed by atoms with E-state index >= 15 is 0 Å². The first-order valence-corrected chi connectivity index (χ1v) is 9.06. The van der Waals surface area contributed by atoms with Gasteiger partial charge in [0.05, 0.1) is 17.9 Å². The molecule has 0 saturated carbocycles. The Kier molecular flexibility index (Phi) is 4.27. The van der Waals surface area contributed by atoms with E-state index in [0.717, 1.165) is 19.5 Å². The number of anilines is 1. The van der Waals surface area contributed by atoms with Crippen molar-refractivity contribution < 1.29 is 9.59 Å². The second-order valence-electron chi connectivity index (χ2n) is 6.26. The lowest BCUT2D eigenvalue weighted by atomic mass is 10.00. The third kappa shape index (κ3) is 2.94. The van der Waals surface area contributed by atoms with E-state index in [1.807, 2.05) is 30.3 Å². The molecule has 4 nitrogen and oxygen atoms in total. The van der Waals surface area contributed by atoms with Gasteiger partial charge in [0, 0.05) is 17.6 Å². The van der Waals surface area contributed by atoms with Gasteiger partial charge in [-0.15, -0.1) is 0 Å². The van der Waals surface area contributed by atoms with Crippen LogP contribution in [0.25, 0.3) is 5.57 Å². The lowest BCUT2D eigenvalue weighted by Crippen LogP contribution is -2.42. The number of benzene rings is 2. The van der Waals surface area contributed by atoms with Crippen LogP contribution in [0.1, 0.15) is 22.3 Å². The Bertz CT molecular complexity index is 877. The molecular weight excluding hydrogens is 380 g/mol. The Morgan fingerprint density at radius 1 is 1.00 bits per heavy atom. The second-order valence-corrected chi connectivity index (χ2v) is 7.11. The van der Waals surface area contributed by atoms with Crippen molar-refractivity contribution in [1.82, 2.24) is 4.90 Å². The Labute approximate surface area is 154 Å². The third-order valence-electron chi connectivity index (χ3n) is 4.73. The molecule has 0 radical (unpaired) electrons. The molecule has 25 heavy (non-hydrogen) atoms. The Morgan fingerprint density at radius 2 is 1.80 bits per heavy atom. The van der Waals surface area contributed by atoms with E-state index in [1.165, 1.54) is 11.1 Å². The van der Waals surface area contributed by atoms with Gasteiger partial charge in [-0.1, -0.05) is 42.5 Å². The van der Waals surface area contributed by atoms with Gasteiger partial charge in [-0.25, -0.2) is 0 Å². The molecule has 5 heteroatoms. The summed E-state index contributed by atoms with van der Waals surface area (Å²) in [4.78, 5) is 28.4. The smallest absolute Gasteiger partial charge is 0.291 e. The topological polar surface area (TPSA) is 40.6 Å². The van der Waals surface area contributed by atoms with Crippen molar-refractivity contribution in [3.63, 3.8) is 0 Å². The molecule has 2 heterocycles. The van der Waals surface area contributed by atoms with Gasteiger partial charge in [0.1, 0.15) is 0 Å². The molecule has 0 N–H and O–H groups in total. The summed E-state index contributed by atoms with van der Waals surface area (Å²) in [5, 5.41) is 0. The molecule has 0 unspecified atom stereocenters. The molecular formula is C20H17BrN2O2. The maximum Gasteiger partial charge on any atom is 0.300 e. The average Bonchev–Trinajstić information content (AvgIpc) is 2.89. The number of nitrogens with zero attached hydrogens (tertiary/aromatic N) is 2. The zero-order chi connectivity index (χ0) is 17.4. The fourth-order valence-corrected chi connectivity index (χ4v) is 3.93. The van der Waals surface area contributed by atoms with Gasteiger partial charge in [-0.3, -0.25) is 19.4 Å². The zero-order valence-electron chi connectivity index (χ0n) is 13.6. The Balaban J connectivity index is 1.51. The zero-order valence-corrected chi connectivity index (χ0v) is 15.2. The summed E-state index contributed by atoms with van der Waals surface area (Å²) in [7, 11) is 0. The molecule has 126 valence electrons. The van der Waals surface area contributed by atoms with Crippen LogP contribution >= 0.6 is 15.9 Å². The number of Topliss-reactive ketones (excluding diaryl/α,β-unsaturated/α-hetero) is 1. The highest BCUT2D eigenvalue weighted by molar-refractivity contribution is 9.10. The van der Waals surface area contributed by atoms with E-state index in [2.05, 4.69) is 39.0 Å². The van der Waals surface area contributed by atoms with E-state index < -0.39 is 11.7 Å². The summed E-state index contributed by atoms with van der Waals surface area (Å²) >= 11 is 3.38. The molecule has 4 rings (SSSR count). The SMILES string of the molecule is O=C1C(=O)N(CN2CC=C(c3ccccc3)CC2)c2cccc(Br)c21. The summed E-state index contributed by atoms with van der Waals surface area (Å²) in [6.45, 7) is 2.07. The molecule has 0 bridgehead atoms. The lowest BCUT2D eigenvalue weighted by Gasteiger charge is -2.30. The van der Waals surface area contributed by atoms with E-state index in [9.17, 15) is 9.59 Å². The maximum atomic E-state index is 12.4. The molecule has 0 aromatic heterocycles. The van der Waals surface area contributed by atoms with Crippen LogP contribution in [0.4, 0.5) is 5.69 Å². The van der Waals surface area contributed by atoms with Crippen LogP contribution in [-0.2, 0) is 4.79 Å². The number of carbonyl (C=O) groups is 2. The van der Waals surface area contributed by atoms with Crippen molar-refractivity contribution in [2.24, 2.45) is 0 Å². The van der Waals surface area contributed by atoms with Crippen LogP contribution in [0.2, 0.25) is 0 Å². The normalized spacial score (nSPS) is 17.6. The minimum Gasteiger partial charge on any atom is -0.291 e. The number of fused-ring (bicyclic) bond motifs is 1.